The van der Waals surface area contributed by atoms with E-state index >= 15 is 0 Å². The van der Waals surface area contributed by atoms with Crippen molar-refractivity contribution in [3.05, 3.63) is 23.9 Å². The molecule has 1 aliphatic carbocycles. The van der Waals surface area contributed by atoms with Crippen LogP contribution in [0.15, 0.2) is 12.3 Å². The second-order valence-electron chi connectivity index (χ2n) is 4.64. The van der Waals surface area contributed by atoms with Gasteiger partial charge < -0.3 is 10.6 Å². The molecule has 1 aromatic heterocycles. The van der Waals surface area contributed by atoms with Crippen LogP contribution in [-0.2, 0) is 0 Å². The second kappa shape index (κ2) is 4.96. The Hall–Kier alpha value is -1.23. The highest BCUT2D eigenvalue weighted by Crippen LogP contribution is 2.26. The average Bonchev–Trinajstić information content (AvgIpc) is 2.29. The average molecular weight is 241 g/mol. The first-order chi connectivity index (χ1) is 8.08. The van der Waals surface area contributed by atoms with Crippen LogP contribution in [0, 0.1) is 11.6 Å². The van der Waals surface area contributed by atoms with Gasteiger partial charge in [-0.25, -0.2) is 13.8 Å². The van der Waals surface area contributed by atoms with Gasteiger partial charge in [0.05, 0.1) is 6.20 Å². The van der Waals surface area contributed by atoms with Gasteiger partial charge in [-0.15, -0.1) is 0 Å². The number of nitrogens with zero attached hydrogens (tertiary/aromatic N) is 2. The van der Waals surface area contributed by atoms with Gasteiger partial charge in [0.1, 0.15) is 5.82 Å². The Balaban J connectivity index is 2.11. The quantitative estimate of drug-likeness (QED) is 0.861. The fourth-order valence-corrected chi connectivity index (χ4v) is 2.33. The molecule has 0 aromatic carbocycles. The van der Waals surface area contributed by atoms with Gasteiger partial charge in [-0.3, -0.25) is 0 Å². The van der Waals surface area contributed by atoms with Gasteiger partial charge in [-0.05, 0) is 25.7 Å². The number of hydrogen-bond donors (Lipinski definition) is 1. The highest BCUT2D eigenvalue weighted by atomic mass is 19.1. The zero-order valence-electron chi connectivity index (χ0n) is 9.87. The smallest absolute Gasteiger partial charge is 0.168 e. The second-order valence-corrected chi connectivity index (χ2v) is 4.64. The van der Waals surface area contributed by atoms with Crippen molar-refractivity contribution in [2.75, 3.05) is 11.9 Å². The van der Waals surface area contributed by atoms with Gasteiger partial charge in [0, 0.05) is 25.2 Å². The highest BCUT2D eigenvalue weighted by Gasteiger charge is 2.24. The standard InChI is InChI=1S/C12H17F2N3/c1-17(10-4-2-9(15)3-5-10)12-11(14)6-8(13)7-16-12/h6-7,9-10H,2-5,15H2,1H3. The maximum absolute atomic E-state index is 13.6. The number of halogens is 2. The van der Waals surface area contributed by atoms with Gasteiger partial charge in [-0.2, -0.15) is 0 Å². The molecule has 0 amide bonds. The third-order valence-corrected chi connectivity index (χ3v) is 3.41. The largest absolute Gasteiger partial charge is 0.354 e. The fraction of sp³-hybridized carbons (Fsp3) is 0.583. The zero-order valence-corrected chi connectivity index (χ0v) is 9.87. The lowest BCUT2D eigenvalue weighted by molar-refractivity contribution is 0.381. The van der Waals surface area contributed by atoms with Crippen molar-refractivity contribution in [2.45, 2.75) is 37.8 Å². The summed E-state index contributed by atoms with van der Waals surface area (Å²) in [6.07, 6.45) is 4.78. The Bertz CT molecular complexity index is 389. The molecular formula is C12H17F2N3. The van der Waals surface area contributed by atoms with Crippen LogP contribution in [-0.4, -0.2) is 24.1 Å². The lowest BCUT2D eigenvalue weighted by atomic mass is 9.91. The SMILES string of the molecule is CN(c1ncc(F)cc1F)C1CCC(N)CC1. The Morgan fingerprint density at radius 1 is 1.29 bits per heavy atom. The van der Waals surface area contributed by atoms with Crippen molar-refractivity contribution in [3.63, 3.8) is 0 Å². The van der Waals surface area contributed by atoms with Crippen LogP contribution < -0.4 is 10.6 Å². The molecule has 0 unspecified atom stereocenters. The molecule has 1 saturated carbocycles. The van der Waals surface area contributed by atoms with E-state index in [0.29, 0.717) is 0 Å². The molecule has 1 aromatic rings. The molecule has 17 heavy (non-hydrogen) atoms. The molecule has 1 fully saturated rings. The molecule has 5 heteroatoms. The Labute approximate surface area is 99.6 Å². The summed E-state index contributed by atoms with van der Waals surface area (Å²) in [5.74, 6) is -1.04. The monoisotopic (exact) mass is 241 g/mol. The summed E-state index contributed by atoms with van der Waals surface area (Å²) < 4.78 is 26.3. The van der Waals surface area contributed by atoms with E-state index in [2.05, 4.69) is 4.98 Å². The van der Waals surface area contributed by atoms with Crippen molar-refractivity contribution < 1.29 is 8.78 Å². The molecule has 0 atom stereocenters. The summed E-state index contributed by atoms with van der Waals surface area (Å²) in [5.41, 5.74) is 5.83. The van der Waals surface area contributed by atoms with Gasteiger partial charge in [0.2, 0.25) is 0 Å². The lowest BCUT2D eigenvalue weighted by Crippen LogP contribution is -2.39. The molecule has 94 valence electrons. The number of nitrogens with two attached hydrogens (primary N) is 1. The summed E-state index contributed by atoms with van der Waals surface area (Å²) in [7, 11) is 1.80. The molecule has 1 aliphatic rings. The number of pyridine rings is 1. The van der Waals surface area contributed by atoms with Gasteiger partial charge in [-0.1, -0.05) is 0 Å². The number of anilines is 1. The minimum absolute atomic E-state index is 0.215. The molecule has 3 nitrogen and oxygen atoms in total. The van der Waals surface area contributed by atoms with Crippen LogP contribution in [0.2, 0.25) is 0 Å². The Morgan fingerprint density at radius 3 is 2.53 bits per heavy atom. The third-order valence-electron chi connectivity index (χ3n) is 3.41. The van der Waals surface area contributed by atoms with Crippen LogP contribution in [0.4, 0.5) is 14.6 Å². The molecule has 0 saturated heterocycles. The molecule has 0 radical (unpaired) electrons. The van der Waals surface area contributed by atoms with Crippen LogP contribution in [0.5, 0.6) is 0 Å². The van der Waals surface area contributed by atoms with Crippen LogP contribution in [0.25, 0.3) is 0 Å². The van der Waals surface area contributed by atoms with E-state index in [1.54, 1.807) is 11.9 Å². The number of aromatic nitrogens is 1. The van der Waals surface area contributed by atoms with Crippen molar-refractivity contribution in [2.24, 2.45) is 5.73 Å². The molecule has 0 aliphatic heterocycles. The van der Waals surface area contributed by atoms with E-state index in [4.69, 9.17) is 5.73 Å². The third kappa shape index (κ3) is 2.72. The molecule has 1 heterocycles. The summed E-state index contributed by atoms with van der Waals surface area (Å²) in [6, 6.07) is 1.36. The predicted molar refractivity (Wildman–Crippen MR) is 62.8 cm³/mol. The van der Waals surface area contributed by atoms with E-state index in [1.165, 1.54) is 0 Å². The van der Waals surface area contributed by atoms with Crippen molar-refractivity contribution >= 4 is 5.82 Å². The van der Waals surface area contributed by atoms with Crippen LogP contribution >= 0.6 is 0 Å². The minimum atomic E-state index is -0.648. The number of hydrogen-bond acceptors (Lipinski definition) is 3. The van der Waals surface area contributed by atoms with E-state index in [0.717, 1.165) is 37.9 Å². The number of rotatable bonds is 2. The molecule has 0 spiro atoms. The summed E-state index contributed by atoms with van der Waals surface area (Å²) >= 11 is 0. The first-order valence-corrected chi connectivity index (χ1v) is 5.87. The summed E-state index contributed by atoms with van der Waals surface area (Å²) in [4.78, 5) is 5.61. The van der Waals surface area contributed by atoms with Gasteiger partial charge in [0.15, 0.2) is 11.6 Å². The van der Waals surface area contributed by atoms with Gasteiger partial charge in [0.25, 0.3) is 0 Å². The predicted octanol–water partition coefficient (Wildman–Crippen LogP) is 2.07. The van der Waals surface area contributed by atoms with Gasteiger partial charge >= 0.3 is 0 Å². The minimum Gasteiger partial charge on any atom is -0.354 e. The maximum Gasteiger partial charge on any atom is 0.168 e. The molecule has 2 N–H and O–H groups in total. The van der Waals surface area contributed by atoms with Crippen LogP contribution in [0.3, 0.4) is 0 Å². The Morgan fingerprint density at radius 2 is 1.94 bits per heavy atom. The first kappa shape index (κ1) is 12.2. The first-order valence-electron chi connectivity index (χ1n) is 5.87. The summed E-state index contributed by atoms with van der Waals surface area (Å²) in [5, 5.41) is 0. The van der Waals surface area contributed by atoms with Crippen molar-refractivity contribution in [3.8, 4) is 0 Å². The van der Waals surface area contributed by atoms with E-state index in [-0.39, 0.29) is 17.9 Å². The summed E-state index contributed by atoms with van der Waals surface area (Å²) in [6.45, 7) is 0. The topological polar surface area (TPSA) is 42.2 Å². The Kier molecular flexibility index (Phi) is 3.57. The van der Waals surface area contributed by atoms with E-state index in [1.807, 2.05) is 0 Å². The fourth-order valence-electron chi connectivity index (χ4n) is 2.33. The van der Waals surface area contributed by atoms with E-state index in [9.17, 15) is 8.78 Å². The molecule has 2 rings (SSSR count). The van der Waals surface area contributed by atoms with Crippen LogP contribution in [0.1, 0.15) is 25.7 Å². The van der Waals surface area contributed by atoms with E-state index < -0.39 is 11.6 Å². The van der Waals surface area contributed by atoms with Crippen molar-refractivity contribution in [1.82, 2.24) is 4.98 Å². The molecular weight excluding hydrogens is 224 g/mol. The molecule has 0 bridgehead atoms. The zero-order chi connectivity index (χ0) is 12.4. The highest BCUT2D eigenvalue weighted by molar-refractivity contribution is 5.40. The normalized spacial score (nSPS) is 24.7. The lowest BCUT2D eigenvalue weighted by Gasteiger charge is -2.34. The van der Waals surface area contributed by atoms with Crippen molar-refractivity contribution in [1.29, 1.82) is 0 Å². The maximum atomic E-state index is 13.6.